The lowest BCUT2D eigenvalue weighted by Gasteiger charge is -2.17. The third kappa shape index (κ3) is 3.47. The molecule has 0 bridgehead atoms. The van der Waals surface area contributed by atoms with Crippen LogP contribution in [0.5, 0.6) is 0 Å². The number of carbonyl (C=O) groups excluding carboxylic acids is 2. The molecule has 1 aromatic heterocycles. The second-order valence-corrected chi connectivity index (χ2v) is 8.42. The van der Waals surface area contributed by atoms with Crippen LogP contribution in [0.3, 0.4) is 0 Å². The van der Waals surface area contributed by atoms with Gasteiger partial charge in [0.05, 0.1) is 17.0 Å². The number of rotatable bonds is 3. The summed E-state index contributed by atoms with van der Waals surface area (Å²) >= 11 is 0. The number of hydrogen-bond donors (Lipinski definition) is 1. The lowest BCUT2D eigenvalue weighted by molar-refractivity contribution is -0.122. The monoisotopic (exact) mass is 402 g/mol. The zero-order chi connectivity index (χ0) is 20.7. The van der Waals surface area contributed by atoms with Crippen LogP contribution in [0.1, 0.15) is 37.1 Å². The van der Waals surface area contributed by atoms with E-state index in [-0.39, 0.29) is 24.2 Å². The Bertz CT molecular complexity index is 1120. The number of nitrogens with zero attached hydrogens (tertiary/aromatic N) is 3. The van der Waals surface area contributed by atoms with Crippen LogP contribution >= 0.6 is 0 Å². The van der Waals surface area contributed by atoms with Crippen LogP contribution in [0.2, 0.25) is 0 Å². The number of fused-ring (bicyclic) bond motifs is 3. The van der Waals surface area contributed by atoms with Crippen molar-refractivity contribution in [3.05, 3.63) is 53.9 Å². The van der Waals surface area contributed by atoms with Crippen LogP contribution < -0.4 is 10.2 Å². The highest BCUT2D eigenvalue weighted by molar-refractivity contribution is 6.04. The van der Waals surface area contributed by atoms with Crippen molar-refractivity contribution in [2.24, 2.45) is 5.92 Å². The van der Waals surface area contributed by atoms with Gasteiger partial charge in [0.2, 0.25) is 11.8 Å². The Morgan fingerprint density at radius 1 is 1.10 bits per heavy atom. The van der Waals surface area contributed by atoms with Gasteiger partial charge in [-0.25, -0.2) is 4.98 Å². The van der Waals surface area contributed by atoms with Gasteiger partial charge in [-0.15, -0.1) is 0 Å². The van der Waals surface area contributed by atoms with E-state index < -0.39 is 0 Å². The fraction of sp³-hybridized carbons (Fsp3) is 0.375. The lowest BCUT2D eigenvalue weighted by atomic mass is 10.1. The van der Waals surface area contributed by atoms with E-state index in [1.54, 1.807) is 4.90 Å². The van der Waals surface area contributed by atoms with Crippen molar-refractivity contribution in [3.8, 4) is 0 Å². The average molecular weight is 402 g/mol. The van der Waals surface area contributed by atoms with Crippen molar-refractivity contribution in [1.29, 1.82) is 0 Å². The fourth-order valence-corrected chi connectivity index (χ4v) is 4.53. The van der Waals surface area contributed by atoms with Crippen LogP contribution in [0, 0.1) is 12.8 Å². The summed E-state index contributed by atoms with van der Waals surface area (Å²) in [4.78, 5) is 31.8. The minimum absolute atomic E-state index is 0.00713. The Kier molecular flexibility index (Phi) is 4.77. The van der Waals surface area contributed by atoms with Crippen LogP contribution in [0.15, 0.2) is 42.5 Å². The van der Waals surface area contributed by atoms with Gasteiger partial charge in [0, 0.05) is 37.3 Å². The normalized spacial score (nSPS) is 19.0. The van der Waals surface area contributed by atoms with E-state index in [1.165, 1.54) is 19.3 Å². The van der Waals surface area contributed by atoms with E-state index in [2.05, 4.69) is 9.88 Å². The zero-order valence-electron chi connectivity index (χ0n) is 17.2. The Morgan fingerprint density at radius 2 is 1.93 bits per heavy atom. The smallest absolute Gasteiger partial charge is 0.229 e. The molecule has 6 nitrogen and oxygen atoms in total. The van der Waals surface area contributed by atoms with Crippen LogP contribution in [0.4, 0.5) is 11.4 Å². The van der Waals surface area contributed by atoms with Gasteiger partial charge in [0.15, 0.2) is 0 Å². The van der Waals surface area contributed by atoms with Crippen LogP contribution in [-0.2, 0) is 22.6 Å². The Labute approximate surface area is 175 Å². The summed E-state index contributed by atoms with van der Waals surface area (Å²) in [5.74, 6) is 0.666. The molecule has 0 aliphatic carbocycles. The molecule has 6 heteroatoms. The van der Waals surface area contributed by atoms with Crippen molar-refractivity contribution in [2.75, 3.05) is 16.8 Å². The van der Waals surface area contributed by atoms with E-state index in [0.717, 1.165) is 46.8 Å². The predicted octanol–water partition coefficient (Wildman–Crippen LogP) is 4.06. The SMILES string of the molecule is Cc1ccc(N2CC(C(=O)Nc3ccc4c(c3)nc3n4CCCCC3)CC2=O)cc1. The van der Waals surface area contributed by atoms with E-state index in [1.807, 2.05) is 49.4 Å². The highest BCUT2D eigenvalue weighted by Crippen LogP contribution is 2.28. The molecule has 154 valence electrons. The van der Waals surface area contributed by atoms with Crippen LogP contribution in [-0.4, -0.2) is 27.9 Å². The molecular weight excluding hydrogens is 376 g/mol. The number of amides is 2. The Hall–Kier alpha value is -3.15. The molecule has 0 radical (unpaired) electrons. The van der Waals surface area contributed by atoms with Crippen molar-refractivity contribution >= 4 is 34.2 Å². The Morgan fingerprint density at radius 3 is 2.77 bits per heavy atom. The van der Waals surface area contributed by atoms with E-state index in [9.17, 15) is 9.59 Å². The van der Waals surface area contributed by atoms with Gasteiger partial charge in [-0.05, 0) is 50.1 Å². The molecule has 2 amide bonds. The zero-order valence-corrected chi connectivity index (χ0v) is 17.2. The first kappa shape index (κ1) is 18.9. The number of benzene rings is 2. The molecule has 1 fully saturated rings. The number of aryl methyl sites for hydroxylation is 3. The highest BCUT2D eigenvalue weighted by atomic mass is 16.2. The molecule has 2 aromatic carbocycles. The molecule has 1 saturated heterocycles. The number of nitrogens with one attached hydrogen (secondary N) is 1. The summed E-state index contributed by atoms with van der Waals surface area (Å²) in [6.45, 7) is 3.44. The second-order valence-electron chi connectivity index (χ2n) is 8.42. The topological polar surface area (TPSA) is 67.2 Å². The molecular formula is C24H26N4O2. The minimum Gasteiger partial charge on any atom is -0.328 e. The molecule has 2 aliphatic heterocycles. The highest BCUT2D eigenvalue weighted by Gasteiger charge is 2.35. The molecule has 0 spiro atoms. The molecule has 5 rings (SSSR count). The molecule has 1 N–H and O–H groups in total. The third-order valence-corrected chi connectivity index (χ3v) is 6.22. The molecule has 0 saturated carbocycles. The number of hydrogen-bond acceptors (Lipinski definition) is 3. The summed E-state index contributed by atoms with van der Waals surface area (Å²) in [5, 5.41) is 3.00. The molecule has 3 aromatic rings. The minimum atomic E-state index is -0.354. The summed E-state index contributed by atoms with van der Waals surface area (Å²) in [5.41, 5.74) is 4.79. The quantitative estimate of drug-likeness (QED) is 0.718. The van der Waals surface area contributed by atoms with E-state index >= 15 is 0 Å². The van der Waals surface area contributed by atoms with E-state index in [0.29, 0.717) is 6.54 Å². The summed E-state index contributed by atoms with van der Waals surface area (Å²) < 4.78 is 2.31. The maximum Gasteiger partial charge on any atom is 0.229 e. The first-order valence-corrected chi connectivity index (χ1v) is 10.8. The van der Waals surface area contributed by atoms with Gasteiger partial charge in [-0.3, -0.25) is 9.59 Å². The number of aromatic nitrogens is 2. The van der Waals surface area contributed by atoms with Gasteiger partial charge in [-0.2, -0.15) is 0 Å². The second kappa shape index (κ2) is 7.59. The van der Waals surface area contributed by atoms with Crippen molar-refractivity contribution in [1.82, 2.24) is 9.55 Å². The van der Waals surface area contributed by atoms with Gasteiger partial charge in [0.25, 0.3) is 0 Å². The first-order valence-electron chi connectivity index (χ1n) is 10.8. The molecule has 1 unspecified atom stereocenters. The molecule has 3 heterocycles. The molecule has 2 aliphatic rings. The van der Waals surface area contributed by atoms with Crippen molar-refractivity contribution < 1.29 is 9.59 Å². The van der Waals surface area contributed by atoms with Gasteiger partial charge >= 0.3 is 0 Å². The van der Waals surface area contributed by atoms with Gasteiger partial charge < -0.3 is 14.8 Å². The predicted molar refractivity (Wildman–Crippen MR) is 118 cm³/mol. The molecule has 30 heavy (non-hydrogen) atoms. The largest absolute Gasteiger partial charge is 0.328 e. The standard InChI is InChI=1S/C24H26N4O2/c1-16-6-9-19(10-7-16)28-15-17(13-23(28)29)24(30)25-18-8-11-21-20(14-18)26-22-5-3-2-4-12-27(21)22/h6-11,14,17H,2-5,12-13,15H2,1H3,(H,25,30). The van der Waals surface area contributed by atoms with Gasteiger partial charge in [0.1, 0.15) is 5.82 Å². The van der Waals surface area contributed by atoms with E-state index in [4.69, 9.17) is 4.98 Å². The maximum absolute atomic E-state index is 12.9. The maximum atomic E-state index is 12.9. The van der Waals surface area contributed by atoms with Crippen LogP contribution in [0.25, 0.3) is 11.0 Å². The Balaban J connectivity index is 1.31. The third-order valence-electron chi connectivity index (χ3n) is 6.22. The summed E-state index contributed by atoms with van der Waals surface area (Å²) in [7, 11) is 0. The molecule has 1 atom stereocenters. The lowest BCUT2D eigenvalue weighted by Crippen LogP contribution is -2.28. The van der Waals surface area contributed by atoms with Gasteiger partial charge in [-0.1, -0.05) is 24.1 Å². The fourth-order valence-electron chi connectivity index (χ4n) is 4.53. The number of imidazole rings is 1. The summed E-state index contributed by atoms with van der Waals surface area (Å²) in [6, 6.07) is 13.8. The van der Waals surface area contributed by atoms with Crippen molar-refractivity contribution in [2.45, 2.75) is 45.6 Å². The number of anilines is 2. The first-order chi connectivity index (χ1) is 14.6. The summed E-state index contributed by atoms with van der Waals surface area (Å²) in [6.07, 6.45) is 4.86. The van der Waals surface area contributed by atoms with Crippen molar-refractivity contribution in [3.63, 3.8) is 0 Å². The average Bonchev–Trinajstić information content (AvgIpc) is 3.20. The number of carbonyl (C=O) groups is 2.